The Balaban J connectivity index is 1.55. The molecule has 1 amide bonds. The molecule has 148 valence electrons. The van der Waals surface area contributed by atoms with E-state index in [0.29, 0.717) is 18.1 Å². The predicted octanol–water partition coefficient (Wildman–Crippen LogP) is 3.17. The molecule has 5 nitrogen and oxygen atoms in total. The third-order valence-electron chi connectivity index (χ3n) is 4.52. The Morgan fingerprint density at radius 3 is 2.21 bits per heavy atom. The molecule has 1 aliphatic heterocycles. The van der Waals surface area contributed by atoms with Gasteiger partial charge in [-0.15, -0.1) is 0 Å². The zero-order chi connectivity index (χ0) is 20.1. The van der Waals surface area contributed by atoms with Crippen molar-refractivity contribution in [3.8, 4) is 0 Å². The van der Waals surface area contributed by atoms with Gasteiger partial charge in [-0.2, -0.15) is 4.31 Å². The molecule has 2 aromatic carbocycles. The molecule has 0 N–H and O–H groups in total. The first-order valence-corrected chi connectivity index (χ1v) is 10.7. The minimum absolute atomic E-state index is 0.0969. The summed E-state index contributed by atoms with van der Waals surface area (Å²) in [6, 6.07) is 12.7. The van der Waals surface area contributed by atoms with Crippen molar-refractivity contribution in [3.05, 3.63) is 75.9 Å². The molecule has 0 bridgehead atoms. The largest absolute Gasteiger partial charge is 0.340 e. The standard InChI is InChI=1S/C20H20ClFN2O3S/c21-18-5-1-16(2-6-18)9-14-28(26,27)24-12-10-23(11-13-24)20(25)15-17-3-7-19(22)8-4-17/h1-9,14H,10-13,15H2/b14-9+. The molecule has 0 radical (unpaired) electrons. The Bertz CT molecular complexity index is 952. The summed E-state index contributed by atoms with van der Waals surface area (Å²) in [4.78, 5) is 14.0. The lowest BCUT2D eigenvalue weighted by Crippen LogP contribution is -2.50. The van der Waals surface area contributed by atoms with Crippen LogP contribution < -0.4 is 0 Å². The molecule has 0 aromatic heterocycles. The van der Waals surface area contributed by atoms with E-state index in [4.69, 9.17) is 11.6 Å². The van der Waals surface area contributed by atoms with Gasteiger partial charge in [0.25, 0.3) is 0 Å². The number of piperazine rings is 1. The van der Waals surface area contributed by atoms with E-state index in [-0.39, 0.29) is 31.2 Å². The summed E-state index contributed by atoms with van der Waals surface area (Å²) in [5, 5.41) is 1.76. The molecular formula is C20H20ClFN2O3S. The summed E-state index contributed by atoms with van der Waals surface area (Å²) in [7, 11) is -3.56. The zero-order valence-corrected chi connectivity index (χ0v) is 16.7. The molecule has 0 saturated carbocycles. The van der Waals surface area contributed by atoms with Crippen LogP contribution in [-0.4, -0.2) is 49.7 Å². The monoisotopic (exact) mass is 422 g/mol. The molecule has 1 heterocycles. The van der Waals surface area contributed by atoms with Crippen molar-refractivity contribution in [2.75, 3.05) is 26.2 Å². The summed E-state index contributed by atoms with van der Waals surface area (Å²) < 4.78 is 39.3. The molecule has 1 aliphatic rings. The van der Waals surface area contributed by atoms with E-state index in [2.05, 4.69) is 0 Å². The first-order chi connectivity index (χ1) is 13.3. The third kappa shape index (κ3) is 5.41. The van der Waals surface area contributed by atoms with E-state index < -0.39 is 10.0 Å². The lowest BCUT2D eigenvalue weighted by molar-refractivity contribution is -0.131. The first-order valence-electron chi connectivity index (χ1n) is 8.79. The second kappa shape index (κ2) is 8.86. The maximum Gasteiger partial charge on any atom is 0.236 e. The highest BCUT2D eigenvalue weighted by molar-refractivity contribution is 7.92. The van der Waals surface area contributed by atoms with Crippen molar-refractivity contribution in [2.24, 2.45) is 0 Å². The lowest BCUT2D eigenvalue weighted by atomic mass is 10.1. The third-order valence-corrected chi connectivity index (χ3v) is 6.34. The van der Waals surface area contributed by atoms with E-state index in [0.717, 1.165) is 11.1 Å². The average Bonchev–Trinajstić information content (AvgIpc) is 2.69. The number of halogens is 2. The van der Waals surface area contributed by atoms with Gasteiger partial charge in [-0.05, 0) is 41.5 Å². The second-order valence-corrected chi connectivity index (χ2v) is 8.74. The van der Waals surface area contributed by atoms with Gasteiger partial charge < -0.3 is 4.90 Å². The van der Waals surface area contributed by atoms with Gasteiger partial charge >= 0.3 is 0 Å². The van der Waals surface area contributed by atoms with Gasteiger partial charge in [-0.3, -0.25) is 4.79 Å². The van der Waals surface area contributed by atoms with Gasteiger partial charge in [0, 0.05) is 36.6 Å². The van der Waals surface area contributed by atoms with Crippen LogP contribution in [0.5, 0.6) is 0 Å². The van der Waals surface area contributed by atoms with E-state index in [1.165, 1.54) is 27.9 Å². The van der Waals surface area contributed by atoms with Crippen LogP contribution in [0.3, 0.4) is 0 Å². The van der Waals surface area contributed by atoms with E-state index in [1.54, 1.807) is 41.3 Å². The van der Waals surface area contributed by atoms with Crippen LogP contribution in [0, 0.1) is 5.82 Å². The zero-order valence-electron chi connectivity index (χ0n) is 15.1. The minimum Gasteiger partial charge on any atom is -0.340 e. The molecular weight excluding hydrogens is 403 g/mol. The molecule has 28 heavy (non-hydrogen) atoms. The van der Waals surface area contributed by atoms with Crippen LogP contribution in [0.2, 0.25) is 5.02 Å². The fourth-order valence-corrected chi connectivity index (χ4v) is 4.20. The number of hydrogen-bond donors (Lipinski definition) is 0. The Hall–Kier alpha value is -2.22. The van der Waals surface area contributed by atoms with Gasteiger partial charge in [0.05, 0.1) is 6.42 Å². The average molecular weight is 423 g/mol. The van der Waals surface area contributed by atoms with Gasteiger partial charge in [-0.1, -0.05) is 35.9 Å². The van der Waals surface area contributed by atoms with Crippen molar-refractivity contribution in [3.63, 3.8) is 0 Å². The fraction of sp³-hybridized carbons (Fsp3) is 0.250. The van der Waals surface area contributed by atoms with Gasteiger partial charge in [0.15, 0.2) is 0 Å². The summed E-state index contributed by atoms with van der Waals surface area (Å²) in [5.74, 6) is -0.443. The Morgan fingerprint density at radius 2 is 1.61 bits per heavy atom. The van der Waals surface area contributed by atoms with E-state index in [9.17, 15) is 17.6 Å². The number of hydrogen-bond acceptors (Lipinski definition) is 3. The highest BCUT2D eigenvalue weighted by Crippen LogP contribution is 2.15. The molecule has 0 unspecified atom stereocenters. The predicted molar refractivity (Wildman–Crippen MR) is 108 cm³/mol. The smallest absolute Gasteiger partial charge is 0.236 e. The number of sulfonamides is 1. The quantitative estimate of drug-likeness (QED) is 0.743. The first kappa shape index (κ1) is 20.5. The molecule has 0 atom stereocenters. The van der Waals surface area contributed by atoms with Gasteiger partial charge in [0.1, 0.15) is 5.82 Å². The van der Waals surface area contributed by atoms with Crippen LogP contribution in [0.4, 0.5) is 4.39 Å². The molecule has 1 saturated heterocycles. The maximum absolute atomic E-state index is 13.0. The Labute approximate surface area is 169 Å². The van der Waals surface area contributed by atoms with Gasteiger partial charge in [0.2, 0.25) is 15.9 Å². The van der Waals surface area contributed by atoms with Crippen LogP contribution >= 0.6 is 11.6 Å². The van der Waals surface area contributed by atoms with E-state index in [1.807, 2.05) is 0 Å². The SMILES string of the molecule is O=C(Cc1ccc(F)cc1)N1CCN(S(=O)(=O)/C=C/c2ccc(Cl)cc2)CC1. The minimum atomic E-state index is -3.56. The summed E-state index contributed by atoms with van der Waals surface area (Å²) in [6.45, 7) is 1.13. The van der Waals surface area contributed by atoms with Crippen LogP contribution in [-0.2, 0) is 21.2 Å². The lowest BCUT2D eigenvalue weighted by Gasteiger charge is -2.33. The summed E-state index contributed by atoms with van der Waals surface area (Å²) in [5.41, 5.74) is 1.47. The summed E-state index contributed by atoms with van der Waals surface area (Å²) in [6.07, 6.45) is 1.70. The van der Waals surface area contributed by atoms with Crippen LogP contribution in [0.15, 0.2) is 53.9 Å². The summed E-state index contributed by atoms with van der Waals surface area (Å²) >= 11 is 5.82. The molecule has 2 aromatic rings. The highest BCUT2D eigenvalue weighted by atomic mass is 35.5. The molecule has 1 fully saturated rings. The number of carbonyl (C=O) groups is 1. The number of amides is 1. The topological polar surface area (TPSA) is 57.7 Å². The van der Waals surface area contributed by atoms with Crippen LogP contribution in [0.1, 0.15) is 11.1 Å². The number of carbonyl (C=O) groups excluding carboxylic acids is 1. The maximum atomic E-state index is 13.0. The van der Waals surface area contributed by atoms with Crippen molar-refractivity contribution in [1.82, 2.24) is 9.21 Å². The van der Waals surface area contributed by atoms with Crippen molar-refractivity contribution >= 4 is 33.6 Å². The number of nitrogens with zero attached hydrogens (tertiary/aromatic N) is 2. The second-order valence-electron chi connectivity index (χ2n) is 6.48. The van der Waals surface area contributed by atoms with E-state index >= 15 is 0 Å². The van der Waals surface area contributed by atoms with Gasteiger partial charge in [-0.25, -0.2) is 12.8 Å². The Kier molecular flexibility index (Phi) is 6.49. The molecule has 3 rings (SSSR count). The fourth-order valence-electron chi connectivity index (χ4n) is 2.91. The molecule has 8 heteroatoms. The highest BCUT2D eigenvalue weighted by Gasteiger charge is 2.27. The van der Waals surface area contributed by atoms with Crippen molar-refractivity contribution in [2.45, 2.75) is 6.42 Å². The Morgan fingerprint density at radius 1 is 1.00 bits per heavy atom. The van der Waals surface area contributed by atoms with Crippen molar-refractivity contribution < 1.29 is 17.6 Å². The molecule has 0 aliphatic carbocycles. The van der Waals surface area contributed by atoms with Crippen LogP contribution in [0.25, 0.3) is 6.08 Å². The number of rotatable bonds is 5. The number of benzene rings is 2. The van der Waals surface area contributed by atoms with Crippen molar-refractivity contribution in [1.29, 1.82) is 0 Å². The molecule has 0 spiro atoms. The normalized spacial score (nSPS) is 15.9.